The van der Waals surface area contributed by atoms with E-state index in [4.69, 9.17) is 4.74 Å². The largest absolute Gasteiger partial charge is 0.396 e. The van der Waals surface area contributed by atoms with Crippen LogP contribution >= 0.6 is 0 Å². The molecular formula is C15H32NO5+. The first kappa shape index (κ1) is 20.3. The highest BCUT2D eigenvalue weighted by atomic mass is 17.2. The van der Waals surface area contributed by atoms with Gasteiger partial charge in [0.2, 0.25) is 0 Å². The normalized spacial score (nSPS) is 14.0. The first-order valence-corrected chi connectivity index (χ1v) is 7.49. The third kappa shape index (κ3) is 10.6. The van der Waals surface area contributed by atoms with Gasteiger partial charge in [-0.05, 0) is 20.3 Å². The van der Waals surface area contributed by atoms with Gasteiger partial charge in [0.1, 0.15) is 12.6 Å². The van der Waals surface area contributed by atoms with E-state index in [1.165, 1.54) is 7.11 Å². The number of nitrogens with zero attached hydrogens (tertiary/aromatic N) is 1. The summed E-state index contributed by atoms with van der Waals surface area (Å²) in [6.45, 7) is 7.01. The van der Waals surface area contributed by atoms with Gasteiger partial charge in [0.05, 0.1) is 33.4 Å². The van der Waals surface area contributed by atoms with Crippen molar-refractivity contribution in [1.82, 2.24) is 0 Å². The number of hydrogen-bond acceptors (Lipinski definition) is 5. The number of rotatable bonds is 11. The number of ether oxygens (including phenoxy) is 1. The average molecular weight is 306 g/mol. The summed E-state index contributed by atoms with van der Waals surface area (Å²) in [5.41, 5.74) is -0.233. The number of carbonyl (C=O) groups is 1. The molecule has 0 rings (SSSR count). The molecule has 0 radical (unpaired) electrons. The topological polar surface area (TPSA) is 65.0 Å². The number of aliphatic hydroxyl groups is 1. The summed E-state index contributed by atoms with van der Waals surface area (Å²) >= 11 is 0. The maximum Gasteiger partial charge on any atom is 0.396 e. The van der Waals surface area contributed by atoms with Crippen molar-refractivity contribution in [3.8, 4) is 0 Å². The minimum atomic E-state index is -0.628. The smallest absolute Gasteiger partial charge is 0.385 e. The Morgan fingerprint density at radius 2 is 1.95 bits per heavy atom. The van der Waals surface area contributed by atoms with E-state index >= 15 is 0 Å². The van der Waals surface area contributed by atoms with Gasteiger partial charge in [-0.2, -0.15) is 4.89 Å². The van der Waals surface area contributed by atoms with Crippen molar-refractivity contribution in [3.05, 3.63) is 0 Å². The Kier molecular flexibility index (Phi) is 9.04. The lowest BCUT2D eigenvalue weighted by atomic mass is 10.0. The van der Waals surface area contributed by atoms with Crippen LogP contribution in [0.25, 0.3) is 0 Å². The number of aliphatic hydroxyl groups excluding tert-OH is 1. The number of carbonyl (C=O) groups excluding carboxylic acids is 1. The van der Waals surface area contributed by atoms with Gasteiger partial charge in [-0.15, -0.1) is 0 Å². The Morgan fingerprint density at radius 1 is 1.33 bits per heavy atom. The quantitative estimate of drug-likeness (QED) is 0.356. The van der Waals surface area contributed by atoms with Crippen molar-refractivity contribution < 1.29 is 28.9 Å². The van der Waals surface area contributed by atoms with Gasteiger partial charge < -0.3 is 14.3 Å². The lowest BCUT2D eigenvalue weighted by molar-refractivity contribution is -0.886. The highest BCUT2D eigenvalue weighted by Gasteiger charge is 2.27. The van der Waals surface area contributed by atoms with E-state index in [9.17, 15) is 9.90 Å². The Hall–Kier alpha value is -0.690. The van der Waals surface area contributed by atoms with Crippen molar-refractivity contribution in [2.24, 2.45) is 0 Å². The van der Waals surface area contributed by atoms with Crippen molar-refractivity contribution >= 4 is 5.97 Å². The first-order chi connectivity index (χ1) is 9.62. The molecule has 0 saturated heterocycles. The molecule has 0 aliphatic heterocycles. The van der Waals surface area contributed by atoms with E-state index in [0.29, 0.717) is 11.0 Å². The molecule has 0 bridgehead atoms. The molecule has 21 heavy (non-hydrogen) atoms. The van der Waals surface area contributed by atoms with Crippen LogP contribution in [0.3, 0.4) is 0 Å². The van der Waals surface area contributed by atoms with Gasteiger partial charge in [0, 0.05) is 0 Å². The minimum Gasteiger partial charge on any atom is -0.385 e. The maximum atomic E-state index is 11.4. The summed E-state index contributed by atoms with van der Waals surface area (Å²) in [5.74, 6) is -0.459. The molecule has 6 nitrogen and oxygen atoms in total. The van der Waals surface area contributed by atoms with Gasteiger partial charge in [-0.3, -0.25) is 4.89 Å². The Morgan fingerprint density at radius 3 is 2.48 bits per heavy atom. The van der Waals surface area contributed by atoms with Gasteiger partial charge in [-0.1, -0.05) is 19.8 Å². The highest BCUT2D eigenvalue weighted by Crippen LogP contribution is 2.18. The van der Waals surface area contributed by atoms with Gasteiger partial charge in [0.25, 0.3) is 0 Å². The lowest BCUT2D eigenvalue weighted by Crippen LogP contribution is -2.50. The fourth-order valence-electron chi connectivity index (χ4n) is 2.15. The van der Waals surface area contributed by atoms with Crippen LogP contribution in [0.4, 0.5) is 0 Å². The molecule has 126 valence electrons. The molecule has 1 atom stereocenters. The molecular weight excluding hydrogens is 274 g/mol. The second-order valence-corrected chi connectivity index (χ2v) is 6.73. The van der Waals surface area contributed by atoms with Crippen molar-refractivity contribution in [2.75, 3.05) is 40.9 Å². The van der Waals surface area contributed by atoms with E-state index in [2.05, 4.69) is 16.7 Å². The summed E-state index contributed by atoms with van der Waals surface area (Å²) in [5, 5.41) is 10.1. The minimum absolute atomic E-state index is 0.129. The molecule has 0 aromatic carbocycles. The number of hydrogen-bond donors (Lipinski definition) is 1. The molecule has 0 spiro atoms. The average Bonchev–Trinajstić information content (AvgIpc) is 2.33. The van der Waals surface area contributed by atoms with Crippen LogP contribution in [0.5, 0.6) is 0 Å². The SMILES string of the molecule is CCCCC(C)(C)OCC(O)C[N+](C)(C)CC(=O)OOC. The zero-order chi connectivity index (χ0) is 16.5. The van der Waals surface area contributed by atoms with Crippen LogP contribution in [-0.4, -0.2) is 68.2 Å². The first-order valence-electron chi connectivity index (χ1n) is 7.49. The van der Waals surface area contributed by atoms with E-state index in [0.717, 1.165) is 19.3 Å². The Balaban J connectivity index is 4.17. The third-order valence-electron chi connectivity index (χ3n) is 3.24. The molecule has 1 unspecified atom stereocenters. The Bertz CT molecular complexity index is 304. The van der Waals surface area contributed by atoms with Crippen LogP contribution in [0, 0.1) is 0 Å². The van der Waals surface area contributed by atoms with Crippen LogP contribution in [0.1, 0.15) is 40.0 Å². The second kappa shape index (κ2) is 9.35. The molecule has 0 heterocycles. The van der Waals surface area contributed by atoms with Gasteiger partial charge >= 0.3 is 5.97 Å². The summed E-state index contributed by atoms with van der Waals surface area (Å²) in [6, 6.07) is 0. The molecule has 0 fully saturated rings. The second-order valence-electron chi connectivity index (χ2n) is 6.73. The van der Waals surface area contributed by atoms with Crippen LogP contribution in [-0.2, 0) is 19.3 Å². The molecule has 0 aliphatic carbocycles. The number of likely N-dealkylation sites (N-methyl/N-ethyl adjacent to an activating group) is 1. The summed E-state index contributed by atoms with van der Waals surface area (Å²) in [6.07, 6.45) is 2.57. The highest BCUT2D eigenvalue weighted by molar-refractivity contribution is 5.69. The fourth-order valence-corrected chi connectivity index (χ4v) is 2.15. The van der Waals surface area contributed by atoms with Crippen molar-refractivity contribution in [3.63, 3.8) is 0 Å². The van der Waals surface area contributed by atoms with E-state index in [-0.39, 0.29) is 18.8 Å². The van der Waals surface area contributed by atoms with Crippen LogP contribution in [0.2, 0.25) is 0 Å². The summed E-state index contributed by atoms with van der Waals surface area (Å²) < 4.78 is 6.10. The van der Waals surface area contributed by atoms with Crippen LogP contribution < -0.4 is 0 Å². The van der Waals surface area contributed by atoms with E-state index in [1.807, 2.05) is 27.9 Å². The van der Waals surface area contributed by atoms with Gasteiger partial charge in [0.15, 0.2) is 6.54 Å². The zero-order valence-corrected chi connectivity index (χ0v) is 14.3. The molecule has 0 aliphatic rings. The summed E-state index contributed by atoms with van der Waals surface area (Å²) in [7, 11) is 4.99. The van der Waals surface area contributed by atoms with Crippen LogP contribution in [0.15, 0.2) is 0 Å². The zero-order valence-electron chi connectivity index (χ0n) is 14.3. The van der Waals surface area contributed by atoms with Gasteiger partial charge in [-0.25, -0.2) is 4.79 Å². The van der Waals surface area contributed by atoms with Crippen molar-refractivity contribution in [2.45, 2.75) is 51.7 Å². The molecule has 0 saturated carbocycles. The predicted octanol–water partition coefficient (Wildman–Crippen LogP) is 1.51. The number of unbranched alkanes of at least 4 members (excludes halogenated alkanes) is 1. The molecule has 6 heteroatoms. The molecule has 0 amide bonds. The fraction of sp³-hybridized carbons (Fsp3) is 0.933. The standard InChI is InChI=1S/C15H32NO5/c1-7-8-9-15(2,3)20-12-13(17)10-16(4,5)11-14(18)21-19-6/h13,17H,7-12H2,1-6H3/q+1. The Labute approximate surface area is 128 Å². The summed E-state index contributed by atoms with van der Waals surface area (Å²) in [4.78, 5) is 20.2. The molecule has 1 N–H and O–H groups in total. The van der Waals surface area contributed by atoms with E-state index < -0.39 is 12.1 Å². The van der Waals surface area contributed by atoms with E-state index in [1.54, 1.807) is 0 Å². The molecule has 0 aromatic rings. The monoisotopic (exact) mass is 306 g/mol. The van der Waals surface area contributed by atoms with Crippen molar-refractivity contribution in [1.29, 1.82) is 0 Å². The molecule has 0 aromatic heterocycles. The lowest BCUT2D eigenvalue weighted by Gasteiger charge is -2.32. The maximum absolute atomic E-state index is 11.4. The number of quaternary nitrogens is 1. The third-order valence-corrected chi connectivity index (χ3v) is 3.24. The predicted molar refractivity (Wildman–Crippen MR) is 80.5 cm³/mol.